The number of halogens is 1. The van der Waals surface area contributed by atoms with Crippen LogP contribution in [0.25, 0.3) is 0 Å². The lowest BCUT2D eigenvalue weighted by atomic mass is 9.74. The van der Waals surface area contributed by atoms with Crippen molar-refractivity contribution in [1.82, 2.24) is 10.2 Å². The highest BCUT2D eigenvalue weighted by Crippen LogP contribution is 2.43. The van der Waals surface area contributed by atoms with Crippen molar-refractivity contribution < 1.29 is 37.9 Å². The highest BCUT2D eigenvalue weighted by atomic mass is 19.1. The van der Waals surface area contributed by atoms with Crippen LogP contribution in [0.15, 0.2) is 12.1 Å². The number of nitriles is 1. The first-order chi connectivity index (χ1) is 19.0. The van der Waals surface area contributed by atoms with E-state index in [9.17, 15) is 20.0 Å². The Morgan fingerprint density at radius 2 is 1.88 bits per heavy atom. The normalized spacial score (nSPS) is 26.0. The van der Waals surface area contributed by atoms with Crippen LogP contribution in [0.2, 0.25) is 0 Å². The average molecular weight is 573 g/mol. The van der Waals surface area contributed by atoms with Gasteiger partial charge in [0.15, 0.2) is 6.29 Å². The lowest BCUT2D eigenvalue weighted by Gasteiger charge is -2.35. The molecule has 224 valence electrons. The third kappa shape index (κ3) is 6.24. The fraction of sp³-hybridized carbons (Fsp3) is 0.690. The molecule has 2 aliphatic heterocycles. The Hall–Kier alpha value is -2.72. The van der Waals surface area contributed by atoms with E-state index in [2.05, 4.69) is 5.32 Å². The van der Waals surface area contributed by atoms with E-state index >= 15 is 4.39 Å². The first-order valence-electron chi connectivity index (χ1n) is 14.1. The molecule has 2 bridgehead atoms. The van der Waals surface area contributed by atoms with E-state index in [0.29, 0.717) is 6.42 Å². The van der Waals surface area contributed by atoms with Gasteiger partial charge in [-0.3, -0.25) is 9.69 Å². The topological polar surface area (TPSA) is 130 Å². The quantitative estimate of drug-likeness (QED) is 0.376. The number of fused-ring (bicyclic) bond motifs is 2. The number of benzene rings is 1. The minimum atomic E-state index is -1.41. The average Bonchev–Trinajstić information content (AvgIpc) is 3.54. The number of hydrogen-bond donors (Lipinski definition) is 2. The van der Waals surface area contributed by atoms with Gasteiger partial charge in [-0.25, -0.2) is 9.18 Å². The second-order valence-corrected chi connectivity index (χ2v) is 13.2. The third-order valence-electron chi connectivity index (χ3n) is 8.60. The van der Waals surface area contributed by atoms with Crippen LogP contribution in [0.3, 0.4) is 0 Å². The first-order valence-corrected chi connectivity index (χ1v) is 14.1. The van der Waals surface area contributed by atoms with Gasteiger partial charge in [-0.15, -0.1) is 0 Å². The second-order valence-electron chi connectivity index (χ2n) is 13.2. The second kappa shape index (κ2) is 11.2. The maximum absolute atomic E-state index is 15.5. The maximum atomic E-state index is 15.5. The van der Waals surface area contributed by atoms with E-state index in [4.69, 9.17) is 18.8 Å². The van der Waals surface area contributed by atoms with Crippen molar-refractivity contribution >= 4 is 24.6 Å². The molecule has 3 aliphatic rings. The van der Waals surface area contributed by atoms with Gasteiger partial charge in [0, 0.05) is 25.1 Å². The Morgan fingerprint density at radius 3 is 2.44 bits per heavy atom. The summed E-state index contributed by atoms with van der Waals surface area (Å²) in [6, 6.07) is 2.71. The molecule has 1 saturated carbocycles. The van der Waals surface area contributed by atoms with Crippen LogP contribution in [-0.4, -0.2) is 71.2 Å². The summed E-state index contributed by atoms with van der Waals surface area (Å²) >= 11 is 0. The molecule has 3 fully saturated rings. The zero-order valence-corrected chi connectivity index (χ0v) is 25.1. The van der Waals surface area contributed by atoms with Crippen molar-refractivity contribution in [3.63, 3.8) is 0 Å². The molecule has 2 saturated heterocycles. The van der Waals surface area contributed by atoms with Crippen LogP contribution in [0.4, 0.5) is 9.18 Å². The molecule has 4 rings (SSSR count). The number of carbonyl (C=O) groups excluding carboxylic acids is 2. The molecule has 1 aromatic rings. The van der Waals surface area contributed by atoms with E-state index in [0.717, 1.165) is 12.8 Å². The molecule has 0 spiro atoms. The number of nitrogens with zero attached hydrogens (tertiary/aromatic N) is 2. The molecular weight excluding hydrogens is 532 g/mol. The van der Waals surface area contributed by atoms with Crippen molar-refractivity contribution in [1.29, 1.82) is 5.26 Å². The summed E-state index contributed by atoms with van der Waals surface area (Å²) in [5, 5.41) is 23.2. The number of aliphatic hydroxyl groups excluding tert-OH is 1. The maximum Gasteiger partial charge on any atom is 0.495 e. The van der Waals surface area contributed by atoms with Crippen LogP contribution in [0.5, 0.6) is 0 Å². The Labute approximate surface area is 241 Å². The standard InChI is InChI=1S/C29H41BFN3O7/c1-27(2,3)39-26(37)34-19-10-9-16(12-19)23(34)24(35)33-18(15-32)11-17-13-20(25(36)38-8)21(14-22(17)31)30-40-28(4,5)29(6,7)41-30/h13-14,16,18-19,23,25,36H,9-12H2,1-8H3,(H,33,35)/t16-,18?,19+,23-,25?/m0/s1. The van der Waals surface area contributed by atoms with Crippen LogP contribution < -0.4 is 10.8 Å². The Balaban J connectivity index is 1.55. The number of ether oxygens (including phenoxy) is 2. The number of likely N-dealkylation sites (tertiary alicyclic amines) is 1. The zero-order chi connectivity index (χ0) is 30.5. The van der Waals surface area contributed by atoms with E-state index in [1.54, 1.807) is 20.8 Å². The van der Waals surface area contributed by atoms with Crippen molar-refractivity contribution in [3.05, 3.63) is 29.1 Å². The molecule has 2 heterocycles. The summed E-state index contributed by atoms with van der Waals surface area (Å²) in [5.41, 5.74) is -1.50. The molecule has 5 atom stereocenters. The minimum Gasteiger partial charge on any atom is -0.444 e. The highest BCUT2D eigenvalue weighted by Gasteiger charge is 2.54. The number of piperidine rings is 1. The van der Waals surface area contributed by atoms with Gasteiger partial charge in [-0.05, 0) is 96.8 Å². The Bertz CT molecular complexity index is 1210. The third-order valence-corrected chi connectivity index (χ3v) is 8.60. The molecule has 2 unspecified atom stereocenters. The highest BCUT2D eigenvalue weighted by molar-refractivity contribution is 6.62. The fourth-order valence-corrected chi connectivity index (χ4v) is 5.83. The molecule has 1 aromatic carbocycles. The van der Waals surface area contributed by atoms with Crippen LogP contribution in [0.1, 0.15) is 85.1 Å². The summed E-state index contributed by atoms with van der Waals surface area (Å²) < 4.78 is 38.3. The van der Waals surface area contributed by atoms with E-state index in [-0.39, 0.29) is 35.0 Å². The minimum absolute atomic E-state index is 0.0359. The van der Waals surface area contributed by atoms with Gasteiger partial charge in [0.25, 0.3) is 0 Å². The summed E-state index contributed by atoms with van der Waals surface area (Å²) in [6.45, 7) is 12.8. The van der Waals surface area contributed by atoms with Crippen molar-refractivity contribution in [2.45, 2.75) is 115 Å². The van der Waals surface area contributed by atoms with Gasteiger partial charge >= 0.3 is 13.2 Å². The number of carbonyl (C=O) groups is 2. The monoisotopic (exact) mass is 573 g/mol. The van der Waals surface area contributed by atoms with Crippen LogP contribution >= 0.6 is 0 Å². The fourth-order valence-electron chi connectivity index (χ4n) is 5.83. The number of aliphatic hydroxyl groups is 1. The van der Waals surface area contributed by atoms with Crippen molar-refractivity contribution in [3.8, 4) is 6.07 Å². The summed E-state index contributed by atoms with van der Waals surface area (Å²) in [7, 11) is 0.359. The first kappa shape index (κ1) is 31.2. The Morgan fingerprint density at radius 1 is 1.24 bits per heavy atom. The number of nitrogens with one attached hydrogen (secondary N) is 1. The Kier molecular flexibility index (Phi) is 8.51. The molecular formula is C29H41BFN3O7. The summed E-state index contributed by atoms with van der Waals surface area (Å²) in [6.07, 6.45) is 0.152. The molecule has 10 nitrogen and oxygen atoms in total. The van der Waals surface area contributed by atoms with Gasteiger partial charge in [-0.2, -0.15) is 5.26 Å². The summed E-state index contributed by atoms with van der Waals surface area (Å²) in [4.78, 5) is 27.9. The van der Waals surface area contributed by atoms with Crippen molar-refractivity contribution in [2.24, 2.45) is 5.92 Å². The number of methoxy groups -OCH3 is 1. The van der Waals surface area contributed by atoms with Gasteiger partial charge < -0.3 is 29.2 Å². The van der Waals surface area contributed by atoms with Crippen molar-refractivity contribution in [2.75, 3.05) is 7.11 Å². The number of amides is 2. The molecule has 2 amide bonds. The zero-order valence-electron chi connectivity index (χ0n) is 25.1. The molecule has 2 N–H and O–H groups in total. The lowest BCUT2D eigenvalue weighted by Crippen LogP contribution is -2.55. The van der Waals surface area contributed by atoms with Crippen LogP contribution in [0, 0.1) is 23.1 Å². The van der Waals surface area contributed by atoms with Gasteiger partial charge in [0.2, 0.25) is 5.91 Å². The largest absolute Gasteiger partial charge is 0.495 e. The molecule has 41 heavy (non-hydrogen) atoms. The SMILES string of the molecule is COC(O)c1cc(CC(C#N)NC(=O)[C@@H]2[C@H]3CC[C@H](C3)N2C(=O)OC(C)(C)C)c(F)cc1B1OC(C)(C)C(C)(C)O1. The number of hydrogen-bond acceptors (Lipinski definition) is 8. The van der Waals surface area contributed by atoms with E-state index in [1.165, 1.54) is 24.1 Å². The van der Waals surface area contributed by atoms with E-state index in [1.807, 2.05) is 33.8 Å². The predicted octanol–water partition coefficient (Wildman–Crippen LogP) is 3.10. The molecule has 0 aromatic heterocycles. The van der Waals surface area contributed by atoms with E-state index < -0.39 is 60.1 Å². The van der Waals surface area contributed by atoms with Gasteiger partial charge in [0.1, 0.15) is 23.5 Å². The summed E-state index contributed by atoms with van der Waals surface area (Å²) in [5.74, 6) is -1.15. The molecule has 0 radical (unpaired) electrons. The predicted molar refractivity (Wildman–Crippen MR) is 148 cm³/mol. The smallest absolute Gasteiger partial charge is 0.444 e. The number of rotatable bonds is 7. The van der Waals surface area contributed by atoms with Crippen LogP contribution in [-0.2, 0) is 30.0 Å². The van der Waals surface area contributed by atoms with Gasteiger partial charge in [-0.1, -0.05) is 0 Å². The van der Waals surface area contributed by atoms with Gasteiger partial charge in [0.05, 0.1) is 17.3 Å². The lowest BCUT2D eigenvalue weighted by molar-refractivity contribution is -0.128. The molecule has 12 heteroatoms. The molecule has 1 aliphatic carbocycles.